The van der Waals surface area contributed by atoms with Gasteiger partial charge in [-0.25, -0.2) is 0 Å². The monoisotopic (exact) mass is 374 g/mol. The van der Waals surface area contributed by atoms with E-state index < -0.39 is 0 Å². The second kappa shape index (κ2) is 7.93. The lowest BCUT2D eigenvalue weighted by Crippen LogP contribution is -1.95. The average Bonchev–Trinajstić information content (AvgIpc) is 2.74. The molecule has 0 saturated heterocycles. The van der Waals surface area contributed by atoms with Crippen molar-refractivity contribution in [2.75, 3.05) is 0 Å². The molecule has 0 heteroatoms. The van der Waals surface area contributed by atoms with E-state index in [2.05, 4.69) is 112 Å². The highest BCUT2D eigenvalue weighted by molar-refractivity contribution is 5.98. The van der Waals surface area contributed by atoms with Crippen molar-refractivity contribution in [3.05, 3.63) is 125 Å². The van der Waals surface area contributed by atoms with Crippen LogP contribution < -0.4 is 0 Å². The molecule has 0 aromatic heterocycles. The summed E-state index contributed by atoms with van der Waals surface area (Å²) in [5.41, 5.74) is 10.1. The van der Waals surface area contributed by atoms with E-state index in [1.165, 1.54) is 55.3 Å². The maximum atomic E-state index is 3.97. The number of hydrogen-bond acceptors (Lipinski definition) is 0. The molecular formula is C29H26. The van der Waals surface area contributed by atoms with Crippen LogP contribution in [0.15, 0.2) is 97.6 Å². The summed E-state index contributed by atoms with van der Waals surface area (Å²) in [6.45, 7) is 10.5. The molecule has 4 rings (SSSR count). The van der Waals surface area contributed by atoms with Gasteiger partial charge in [0, 0.05) is 0 Å². The van der Waals surface area contributed by atoms with Gasteiger partial charge in [0.2, 0.25) is 0 Å². The van der Waals surface area contributed by atoms with Gasteiger partial charge < -0.3 is 0 Å². The van der Waals surface area contributed by atoms with Crippen LogP contribution in [0, 0.1) is 20.8 Å². The van der Waals surface area contributed by atoms with E-state index in [4.69, 9.17) is 0 Å². The molecule has 0 saturated carbocycles. The lowest BCUT2D eigenvalue weighted by atomic mass is 9.88. The highest BCUT2D eigenvalue weighted by Gasteiger charge is 2.12. The topological polar surface area (TPSA) is 0 Å². The van der Waals surface area contributed by atoms with Crippen molar-refractivity contribution in [2.45, 2.75) is 20.8 Å². The van der Waals surface area contributed by atoms with Gasteiger partial charge in [-0.05, 0) is 82.1 Å². The molecule has 0 aliphatic carbocycles. The normalized spacial score (nSPS) is 11.6. The molecule has 0 radical (unpaired) electrons. The Hall–Kier alpha value is -3.38. The third kappa shape index (κ3) is 3.54. The summed E-state index contributed by atoms with van der Waals surface area (Å²) in [4.78, 5) is 0. The Morgan fingerprint density at radius 3 is 2.31 bits per heavy atom. The minimum absolute atomic E-state index is 1.21. The van der Waals surface area contributed by atoms with E-state index in [1.807, 2.05) is 6.08 Å². The van der Waals surface area contributed by atoms with Crippen LogP contribution in [-0.4, -0.2) is 0 Å². The number of hydrogen-bond donors (Lipinski definition) is 0. The smallest absolute Gasteiger partial charge is 0.0103 e. The first-order valence-electron chi connectivity index (χ1n) is 10.1. The fourth-order valence-corrected chi connectivity index (χ4v) is 4.04. The Balaban J connectivity index is 1.93. The quantitative estimate of drug-likeness (QED) is 0.317. The predicted octanol–water partition coefficient (Wildman–Crippen LogP) is 8.05. The summed E-state index contributed by atoms with van der Waals surface area (Å²) >= 11 is 0. The molecule has 4 aromatic carbocycles. The fraction of sp³-hybridized carbons (Fsp3) is 0.103. The van der Waals surface area contributed by atoms with Crippen molar-refractivity contribution in [2.24, 2.45) is 0 Å². The average molecular weight is 375 g/mol. The van der Waals surface area contributed by atoms with Crippen LogP contribution in [0.4, 0.5) is 0 Å². The standard InChI is InChI=1S/C29H26/c1-5-10-26(25-15-8-11-20(2)22(25)4)24-18-17-21(3)29(19-24)28-16-9-13-23-12-6-7-14-27(23)28/h5-19H,1H2,2-4H3/b26-10-. The summed E-state index contributed by atoms with van der Waals surface area (Å²) in [7, 11) is 0. The molecule has 0 unspecified atom stereocenters. The molecule has 142 valence electrons. The Morgan fingerprint density at radius 2 is 1.48 bits per heavy atom. The molecule has 0 N–H and O–H groups in total. The summed E-state index contributed by atoms with van der Waals surface area (Å²) in [5, 5.41) is 2.56. The van der Waals surface area contributed by atoms with E-state index in [-0.39, 0.29) is 0 Å². The van der Waals surface area contributed by atoms with Crippen molar-refractivity contribution >= 4 is 16.3 Å². The van der Waals surface area contributed by atoms with Gasteiger partial charge in [-0.2, -0.15) is 0 Å². The minimum Gasteiger partial charge on any atom is -0.0990 e. The van der Waals surface area contributed by atoms with Gasteiger partial charge >= 0.3 is 0 Å². The molecule has 0 nitrogen and oxygen atoms in total. The Labute approximate surface area is 173 Å². The Bertz CT molecular complexity index is 1230. The van der Waals surface area contributed by atoms with Crippen molar-refractivity contribution in [1.29, 1.82) is 0 Å². The van der Waals surface area contributed by atoms with Gasteiger partial charge in [0.25, 0.3) is 0 Å². The summed E-state index contributed by atoms with van der Waals surface area (Å²) in [6.07, 6.45) is 4.01. The van der Waals surface area contributed by atoms with Gasteiger partial charge in [-0.1, -0.05) is 91.5 Å². The molecule has 0 aliphatic heterocycles. The lowest BCUT2D eigenvalue weighted by Gasteiger charge is -2.16. The highest BCUT2D eigenvalue weighted by Crippen LogP contribution is 2.35. The van der Waals surface area contributed by atoms with Crippen molar-refractivity contribution < 1.29 is 0 Å². The molecule has 29 heavy (non-hydrogen) atoms. The first-order chi connectivity index (χ1) is 14.1. The van der Waals surface area contributed by atoms with E-state index in [9.17, 15) is 0 Å². The van der Waals surface area contributed by atoms with E-state index in [1.54, 1.807) is 0 Å². The number of rotatable bonds is 4. The van der Waals surface area contributed by atoms with Crippen molar-refractivity contribution in [3.63, 3.8) is 0 Å². The van der Waals surface area contributed by atoms with Gasteiger partial charge in [0.15, 0.2) is 0 Å². The van der Waals surface area contributed by atoms with E-state index in [0.717, 1.165) is 0 Å². The zero-order chi connectivity index (χ0) is 20.4. The second-order valence-corrected chi connectivity index (χ2v) is 7.62. The third-order valence-corrected chi connectivity index (χ3v) is 5.81. The SMILES string of the molecule is C=C/C=C(/c1ccc(C)c(-c2cccc3ccccc23)c1)c1cccc(C)c1C. The molecule has 0 amide bonds. The predicted molar refractivity (Wildman–Crippen MR) is 127 cm³/mol. The number of allylic oxidation sites excluding steroid dienone is 2. The zero-order valence-electron chi connectivity index (χ0n) is 17.4. The van der Waals surface area contributed by atoms with Gasteiger partial charge in [-0.15, -0.1) is 0 Å². The van der Waals surface area contributed by atoms with Gasteiger partial charge in [0.1, 0.15) is 0 Å². The number of benzene rings is 4. The van der Waals surface area contributed by atoms with Gasteiger partial charge in [0.05, 0.1) is 0 Å². The van der Waals surface area contributed by atoms with Crippen LogP contribution in [-0.2, 0) is 0 Å². The lowest BCUT2D eigenvalue weighted by molar-refractivity contribution is 1.31. The van der Waals surface area contributed by atoms with E-state index >= 15 is 0 Å². The summed E-state index contributed by atoms with van der Waals surface area (Å²) in [5.74, 6) is 0. The van der Waals surface area contributed by atoms with Crippen LogP contribution >= 0.6 is 0 Å². The second-order valence-electron chi connectivity index (χ2n) is 7.62. The molecule has 0 bridgehead atoms. The Morgan fingerprint density at radius 1 is 0.724 bits per heavy atom. The molecule has 0 atom stereocenters. The minimum atomic E-state index is 1.21. The van der Waals surface area contributed by atoms with Crippen molar-refractivity contribution in [1.82, 2.24) is 0 Å². The van der Waals surface area contributed by atoms with Crippen LogP contribution in [0.5, 0.6) is 0 Å². The highest BCUT2D eigenvalue weighted by atomic mass is 14.2. The van der Waals surface area contributed by atoms with E-state index in [0.29, 0.717) is 0 Å². The summed E-state index contributed by atoms with van der Waals surface area (Å²) in [6, 6.07) is 28.4. The fourth-order valence-electron chi connectivity index (χ4n) is 4.04. The molecule has 4 aromatic rings. The largest absolute Gasteiger partial charge is 0.0990 e. The first-order valence-corrected chi connectivity index (χ1v) is 10.1. The number of fused-ring (bicyclic) bond motifs is 1. The summed E-state index contributed by atoms with van der Waals surface area (Å²) < 4.78 is 0. The number of aryl methyl sites for hydroxylation is 2. The third-order valence-electron chi connectivity index (χ3n) is 5.81. The Kier molecular flexibility index (Phi) is 5.18. The van der Waals surface area contributed by atoms with Crippen LogP contribution in [0.3, 0.4) is 0 Å². The maximum absolute atomic E-state index is 3.97. The maximum Gasteiger partial charge on any atom is -0.0103 e. The van der Waals surface area contributed by atoms with Crippen LogP contribution in [0.2, 0.25) is 0 Å². The molecule has 0 aliphatic rings. The molecule has 0 fully saturated rings. The molecule has 0 heterocycles. The van der Waals surface area contributed by atoms with Crippen LogP contribution in [0.1, 0.15) is 27.8 Å². The van der Waals surface area contributed by atoms with Crippen LogP contribution in [0.25, 0.3) is 27.5 Å². The van der Waals surface area contributed by atoms with Crippen molar-refractivity contribution in [3.8, 4) is 11.1 Å². The molecular weight excluding hydrogens is 348 g/mol. The zero-order valence-corrected chi connectivity index (χ0v) is 17.4. The molecule has 0 spiro atoms. The first kappa shape index (κ1) is 19.0. The van der Waals surface area contributed by atoms with Gasteiger partial charge in [-0.3, -0.25) is 0 Å².